The number of thioether (sulfide) groups is 2. The second-order valence-electron chi connectivity index (χ2n) is 19.6. The van der Waals surface area contributed by atoms with Crippen molar-refractivity contribution in [3.8, 4) is 5.75 Å². The van der Waals surface area contributed by atoms with Crippen LogP contribution in [0.3, 0.4) is 0 Å². The van der Waals surface area contributed by atoms with Crippen molar-refractivity contribution in [2.24, 2.45) is 5.73 Å². The van der Waals surface area contributed by atoms with E-state index in [1.165, 1.54) is 47.8 Å². The molecule has 27 heteroatoms. The van der Waals surface area contributed by atoms with E-state index in [2.05, 4.69) is 47.5 Å². The summed E-state index contributed by atoms with van der Waals surface area (Å²) in [4.78, 5) is 150. The number of aliphatic carboxylic acids is 2. The third-order valence-corrected chi connectivity index (χ3v) is 13.3. The number of carbonyl (C=O) groups is 11. The minimum absolute atomic E-state index is 0.00155. The van der Waals surface area contributed by atoms with Crippen molar-refractivity contribution in [1.82, 2.24) is 47.5 Å². The maximum Gasteiger partial charge on any atom is 0.408 e. The highest BCUT2D eigenvalue weighted by molar-refractivity contribution is 7.98. The van der Waals surface area contributed by atoms with Crippen LogP contribution in [0.2, 0.25) is 0 Å². The zero-order chi connectivity index (χ0) is 59.8. The molecule has 0 spiro atoms. The minimum Gasteiger partial charge on any atom is -0.508 e. The number of aromatic nitrogens is 1. The topological polar surface area (TPSA) is 396 Å². The first-order valence-electron chi connectivity index (χ1n) is 25.5. The highest BCUT2D eigenvalue weighted by atomic mass is 32.2. The zero-order valence-corrected chi connectivity index (χ0v) is 47.0. The predicted octanol–water partition coefficient (Wildman–Crippen LogP) is 0.761. The lowest BCUT2D eigenvalue weighted by Gasteiger charge is -2.26. The van der Waals surface area contributed by atoms with E-state index >= 15 is 0 Å². The molecule has 4 aromatic rings. The summed E-state index contributed by atoms with van der Waals surface area (Å²) in [5.41, 5.74) is 6.91. The molecule has 0 bridgehead atoms. The number of nitrogens with two attached hydrogens (primary N) is 1. The number of ether oxygens (including phenoxy) is 1. The number of phenols is 1. The molecule has 1 aromatic heterocycles. The molecule has 4 rings (SSSR count). The van der Waals surface area contributed by atoms with Crippen LogP contribution in [0.1, 0.15) is 63.1 Å². The SMILES string of the molecule is CSCCC(NC(=O)C(Cc1ccc(O)cc1)NC(=O)C(CC(=O)O)NC(=O)OC(C)(C)C)C(=O)NCC(=O)NC(Cc1c[nH]c2ccccc12)C(=O)NC(CCSC)C(=O)NC(CC(=O)O)C(=O)NC(Cc1ccccc1)C(N)=O. The number of rotatable bonds is 32. The summed E-state index contributed by atoms with van der Waals surface area (Å²) in [5, 5.41) is 49.8. The number of aromatic hydroxyl groups is 1. The second-order valence-corrected chi connectivity index (χ2v) is 21.6. The number of benzene rings is 3. The van der Waals surface area contributed by atoms with Gasteiger partial charge in [0.15, 0.2) is 0 Å². The summed E-state index contributed by atoms with van der Waals surface area (Å²) in [5.74, 6) is -9.96. The van der Waals surface area contributed by atoms with Crippen LogP contribution >= 0.6 is 23.5 Å². The van der Waals surface area contributed by atoms with Crippen molar-refractivity contribution in [3.05, 3.63) is 102 Å². The first-order chi connectivity index (χ1) is 38.3. The zero-order valence-electron chi connectivity index (χ0n) is 45.3. The van der Waals surface area contributed by atoms with Crippen molar-refractivity contribution in [2.45, 2.75) is 114 Å². The molecule has 0 aliphatic heterocycles. The number of primary amides is 1. The van der Waals surface area contributed by atoms with E-state index in [1.807, 2.05) is 0 Å². The summed E-state index contributed by atoms with van der Waals surface area (Å²) >= 11 is 2.64. The van der Waals surface area contributed by atoms with Gasteiger partial charge in [-0.15, -0.1) is 0 Å². The van der Waals surface area contributed by atoms with Crippen molar-refractivity contribution >= 4 is 99.7 Å². The molecule has 7 atom stereocenters. The van der Waals surface area contributed by atoms with Crippen molar-refractivity contribution in [2.75, 3.05) is 30.6 Å². The first kappa shape index (κ1) is 65.2. The van der Waals surface area contributed by atoms with Crippen LogP contribution in [0.15, 0.2) is 85.1 Å². The Bertz CT molecular complexity index is 2850. The summed E-state index contributed by atoms with van der Waals surface area (Å²) in [6, 6.07) is 10.9. The molecule has 0 aliphatic rings. The minimum atomic E-state index is -1.73. The maximum atomic E-state index is 14.4. The van der Waals surface area contributed by atoms with Crippen LogP contribution in [0.5, 0.6) is 5.75 Å². The van der Waals surface area contributed by atoms with Gasteiger partial charge < -0.3 is 73.3 Å². The molecule has 438 valence electrons. The van der Waals surface area contributed by atoms with E-state index in [4.69, 9.17) is 10.5 Å². The van der Waals surface area contributed by atoms with Gasteiger partial charge in [-0.25, -0.2) is 4.79 Å². The van der Waals surface area contributed by atoms with Crippen LogP contribution in [0, 0.1) is 0 Å². The number of fused-ring (bicyclic) bond motifs is 1. The highest BCUT2D eigenvalue weighted by Gasteiger charge is 2.35. The number of carboxylic acid groups (broad SMARTS) is 2. The van der Waals surface area contributed by atoms with Crippen LogP contribution in [-0.4, -0.2) is 164 Å². The lowest BCUT2D eigenvalue weighted by atomic mass is 10.0. The molecule has 0 radical (unpaired) electrons. The number of carboxylic acids is 2. The number of alkyl carbamates (subject to hydrolysis) is 1. The largest absolute Gasteiger partial charge is 0.508 e. The van der Waals surface area contributed by atoms with Gasteiger partial charge in [-0.1, -0.05) is 60.7 Å². The van der Waals surface area contributed by atoms with Gasteiger partial charge in [0.2, 0.25) is 47.3 Å². The molecule has 0 saturated heterocycles. The van der Waals surface area contributed by atoms with Gasteiger partial charge in [-0.3, -0.25) is 47.9 Å². The second kappa shape index (κ2) is 32.1. The molecule has 0 aliphatic carbocycles. The van der Waals surface area contributed by atoms with E-state index in [9.17, 15) is 68.1 Å². The number of phenolic OH excluding ortho intramolecular Hbond substituents is 1. The Hall–Kier alpha value is -8.33. The first-order valence-corrected chi connectivity index (χ1v) is 28.3. The van der Waals surface area contributed by atoms with Gasteiger partial charge in [0.05, 0.1) is 19.4 Å². The number of hydrogen-bond donors (Lipinski definition) is 13. The average molecular weight is 1160 g/mol. The van der Waals surface area contributed by atoms with E-state index in [0.29, 0.717) is 33.3 Å². The Kier molecular flexibility index (Phi) is 25.8. The van der Waals surface area contributed by atoms with Gasteiger partial charge >= 0.3 is 18.0 Å². The number of hydrogen-bond acceptors (Lipinski definition) is 15. The fourth-order valence-electron chi connectivity index (χ4n) is 8.00. The molecular weight excluding hydrogens is 1090 g/mol. The standard InChI is InChI=1S/C54H70N10O15S2/c1-54(2,3)79-53(78)64-42(27-45(69)70)52(77)62-39(24-31-15-17-33(65)18-16-31)49(74)59-36(19-21-80-4)47(72)57-29-43(66)58-40(25-32-28-56-35-14-10-9-13-34(32)35)50(75)60-37(20-22-81-5)48(73)63-41(26-44(67)68)51(76)61-38(46(55)71)23-30-11-7-6-8-12-30/h6-18,28,36-42,56,65H,19-27,29H2,1-5H3,(H2,55,71)(H,57,72)(H,58,66)(H,59,74)(H,60,75)(H,61,76)(H,62,77)(H,63,73)(H,64,78)(H,67,68)(H,69,70). The highest BCUT2D eigenvalue weighted by Crippen LogP contribution is 2.20. The van der Waals surface area contributed by atoms with Gasteiger partial charge in [0.1, 0.15) is 53.6 Å². The summed E-state index contributed by atoms with van der Waals surface area (Å²) < 4.78 is 5.20. The third-order valence-electron chi connectivity index (χ3n) is 12.0. The van der Waals surface area contributed by atoms with E-state index in [-0.39, 0.29) is 43.6 Å². The molecule has 9 amide bonds. The van der Waals surface area contributed by atoms with Crippen molar-refractivity contribution in [1.29, 1.82) is 0 Å². The van der Waals surface area contributed by atoms with Crippen LogP contribution < -0.4 is 48.3 Å². The number of nitrogens with one attached hydrogen (secondary N) is 9. The Morgan fingerprint density at radius 3 is 1.57 bits per heavy atom. The molecular formula is C54H70N10O15S2. The molecule has 1 heterocycles. The van der Waals surface area contributed by atoms with Crippen LogP contribution in [0.4, 0.5) is 4.79 Å². The Morgan fingerprint density at radius 2 is 1.01 bits per heavy atom. The molecule has 25 nitrogen and oxygen atoms in total. The normalized spacial score (nSPS) is 13.7. The fourth-order valence-corrected chi connectivity index (χ4v) is 8.95. The van der Waals surface area contributed by atoms with E-state index in [1.54, 1.807) is 94.1 Å². The quantitative estimate of drug-likeness (QED) is 0.0321. The lowest BCUT2D eigenvalue weighted by molar-refractivity contribution is -0.141. The fraction of sp³-hybridized carbons (Fsp3) is 0.426. The van der Waals surface area contributed by atoms with E-state index in [0.717, 1.165) is 0 Å². The Labute approximate surface area is 475 Å². The monoisotopic (exact) mass is 1160 g/mol. The molecule has 0 fully saturated rings. The number of amides is 9. The smallest absolute Gasteiger partial charge is 0.408 e. The van der Waals surface area contributed by atoms with Gasteiger partial charge in [0, 0.05) is 36.4 Å². The van der Waals surface area contributed by atoms with Crippen molar-refractivity contribution in [3.63, 3.8) is 0 Å². The van der Waals surface area contributed by atoms with Gasteiger partial charge in [-0.05, 0) is 92.5 Å². The third kappa shape index (κ3) is 22.7. The molecule has 14 N–H and O–H groups in total. The number of para-hydroxylation sites is 1. The van der Waals surface area contributed by atoms with Crippen molar-refractivity contribution < 1.29 is 72.8 Å². The summed E-state index contributed by atoms with van der Waals surface area (Å²) in [7, 11) is 0. The molecule has 7 unspecified atom stereocenters. The number of aromatic amines is 1. The van der Waals surface area contributed by atoms with Gasteiger partial charge in [-0.2, -0.15) is 23.5 Å². The summed E-state index contributed by atoms with van der Waals surface area (Å²) in [6.07, 6.45) is 1.73. The Morgan fingerprint density at radius 1 is 0.556 bits per heavy atom. The molecule has 3 aromatic carbocycles. The average Bonchev–Trinajstić information content (AvgIpc) is 3.81. The molecule has 81 heavy (non-hydrogen) atoms. The lowest BCUT2D eigenvalue weighted by Crippen LogP contribution is -2.59. The molecule has 0 saturated carbocycles. The number of carbonyl (C=O) groups excluding carboxylic acids is 9. The predicted molar refractivity (Wildman–Crippen MR) is 301 cm³/mol. The van der Waals surface area contributed by atoms with Crippen LogP contribution in [0.25, 0.3) is 10.9 Å². The van der Waals surface area contributed by atoms with Crippen LogP contribution in [-0.2, 0) is 71.9 Å². The number of H-pyrrole nitrogens is 1. The van der Waals surface area contributed by atoms with E-state index < -0.39 is 133 Å². The Balaban J connectivity index is 1.55. The maximum absolute atomic E-state index is 14.4. The van der Waals surface area contributed by atoms with Gasteiger partial charge in [0.25, 0.3) is 0 Å². The summed E-state index contributed by atoms with van der Waals surface area (Å²) in [6.45, 7) is 3.92.